The summed E-state index contributed by atoms with van der Waals surface area (Å²) in [5.41, 5.74) is 1.20. The Morgan fingerprint density at radius 1 is 1.07 bits per heavy atom. The molecule has 0 unspecified atom stereocenters. The molecule has 1 aromatic carbocycles. The molecule has 0 aliphatic heterocycles. The van der Waals surface area contributed by atoms with Crippen molar-refractivity contribution in [2.24, 2.45) is 0 Å². The van der Waals surface area contributed by atoms with Crippen molar-refractivity contribution in [1.82, 2.24) is 19.5 Å². The van der Waals surface area contributed by atoms with E-state index in [2.05, 4.69) is 27.6 Å². The van der Waals surface area contributed by atoms with Gasteiger partial charge in [0.1, 0.15) is 6.54 Å². The summed E-state index contributed by atoms with van der Waals surface area (Å²) < 4.78 is 2.47. The molecule has 3 rings (SSSR count). The lowest BCUT2D eigenvalue weighted by Gasteiger charge is -2.08. The zero-order valence-electron chi connectivity index (χ0n) is 14.4. The lowest BCUT2D eigenvalue weighted by Crippen LogP contribution is -2.28. The number of anilines is 2. The second-order valence-electron chi connectivity index (χ2n) is 5.62. The van der Waals surface area contributed by atoms with E-state index >= 15 is 0 Å². The van der Waals surface area contributed by atoms with Crippen LogP contribution >= 0.6 is 0 Å². The summed E-state index contributed by atoms with van der Waals surface area (Å²) in [7, 11) is 0. The van der Waals surface area contributed by atoms with Crippen LogP contribution in [0.5, 0.6) is 0 Å². The zero-order chi connectivity index (χ0) is 19.2. The molecule has 2 heterocycles. The van der Waals surface area contributed by atoms with E-state index in [-0.39, 0.29) is 24.2 Å². The van der Waals surface area contributed by atoms with Crippen molar-refractivity contribution in [2.45, 2.75) is 6.54 Å². The third-order valence-electron chi connectivity index (χ3n) is 3.62. The highest BCUT2D eigenvalue weighted by molar-refractivity contribution is 5.92. The van der Waals surface area contributed by atoms with Crippen molar-refractivity contribution in [1.29, 1.82) is 0 Å². The third-order valence-corrected chi connectivity index (χ3v) is 3.62. The SMILES string of the molecule is C=CCNC(=O)Nc1ccc(NC(=O)Cn2nc3ccccn3c2=O)cc1. The molecule has 9 nitrogen and oxygen atoms in total. The number of nitrogens with one attached hydrogen (secondary N) is 3. The van der Waals surface area contributed by atoms with Crippen molar-refractivity contribution in [3.8, 4) is 0 Å². The van der Waals surface area contributed by atoms with Gasteiger partial charge in [0.25, 0.3) is 0 Å². The first kappa shape index (κ1) is 17.9. The van der Waals surface area contributed by atoms with Crippen LogP contribution in [0, 0.1) is 0 Å². The molecule has 0 fully saturated rings. The summed E-state index contributed by atoms with van der Waals surface area (Å²) in [5, 5.41) is 12.0. The Kier molecular flexibility index (Phi) is 5.31. The standard InChI is InChI=1S/C18H18N6O3/c1-2-10-19-17(26)21-14-8-6-13(7-9-14)20-16(25)12-24-18(27)23-11-4-3-5-15(23)22-24/h2-9,11H,1,10,12H2,(H,20,25)(H2,19,21,26). The monoisotopic (exact) mass is 366 g/mol. The molecule has 0 spiro atoms. The highest BCUT2D eigenvalue weighted by atomic mass is 16.2. The summed E-state index contributed by atoms with van der Waals surface area (Å²) in [5.74, 6) is -0.384. The fourth-order valence-electron chi connectivity index (χ4n) is 2.38. The van der Waals surface area contributed by atoms with E-state index in [1.54, 1.807) is 54.7 Å². The van der Waals surface area contributed by atoms with Gasteiger partial charge in [0.2, 0.25) is 5.91 Å². The maximum atomic E-state index is 12.2. The third kappa shape index (κ3) is 4.40. The Bertz CT molecular complexity index is 1040. The summed E-state index contributed by atoms with van der Waals surface area (Å²) in [6.07, 6.45) is 3.17. The predicted octanol–water partition coefficient (Wildman–Crippen LogP) is 1.44. The molecule has 0 atom stereocenters. The number of amides is 3. The summed E-state index contributed by atoms with van der Waals surface area (Å²) in [6.45, 7) is 3.68. The van der Waals surface area contributed by atoms with Crippen LogP contribution in [0.3, 0.4) is 0 Å². The number of nitrogens with zero attached hydrogens (tertiary/aromatic N) is 3. The lowest BCUT2D eigenvalue weighted by atomic mass is 10.3. The van der Waals surface area contributed by atoms with Crippen LogP contribution < -0.4 is 21.6 Å². The van der Waals surface area contributed by atoms with Gasteiger partial charge in [-0.1, -0.05) is 12.1 Å². The number of pyridine rings is 1. The van der Waals surface area contributed by atoms with Gasteiger partial charge in [0, 0.05) is 24.1 Å². The summed E-state index contributed by atoms with van der Waals surface area (Å²) in [6, 6.07) is 11.4. The molecule has 0 saturated carbocycles. The van der Waals surface area contributed by atoms with E-state index in [4.69, 9.17) is 0 Å². The average Bonchev–Trinajstić information content (AvgIpc) is 2.97. The number of hydrogen-bond acceptors (Lipinski definition) is 4. The van der Waals surface area contributed by atoms with Crippen molar-refractivity contribution in [2.75, 3.05) is 17.2 Å². The Hall–Kier alpha value is -3.88. The molecule has 9 heteroatoms. The van der Waals surface area contributed by atoms with Gasteiger partial charge in [-0.3, -0.25) is 9.20 Å². The predicted molar refractivity (Wildman–Crippen MR) is 102 cm³/mol. The number of carbonyl (C=O) groups excluding carboxylic acids is 2. The van der Waals surface area contributed by atoms with Gasteiger partial charge in [0.15, 0.2) is 5.65 Å². The van der Waals surface area contributed by atoms with Gasteiger partial charge in [-0.05, 0) is 36.4 Å². The Balaban J connectivity index is 1.60. The number of urea groups is 1. The molecule has 2 aromatic heterocycles. The molecular weight excluding hydrogens is 348 g/mol. The van der Waals surface area contributed by atoms with Gasteiger partial charge < -0.3 is 16.0 Å². The van der Waals surface area contributed by atoms with Crippen LogP contribution in [-0.2, 0) is 11.3 Å². The number of rotatable bonds is 6. The normalized spacial score (nSPS) is 10.4. The first-order chi connectivity index (χ1) is 13.1. The van der Waals surface area contributed by atoms with Crippen LogP contribution in [0.2, 0.25) is 0 Å². The Morgan fingerprint density at radius 3 is 2.44 bits per heavy atom. The van der Waals surface area contributed by atoms with Crippen LogP contribution in [0.4, 0.5) is 16.2 Å². The Morgan fingerprint density at radius 2 is 1.78 bits per heavy atom. The van der Waals surface area contributed by atoms with E-state index in [1.807, 2.05) is 0 Å². The summed E-state index contributed by atoms with van der Waals surface area (Å²) in [4.78, 5) is 35.9. The number of benzene rings is 1. The van der Waals surface area contributed by atoms with Crippen LogP contribution in [0.15, 0.2) is 66.1 Å². The van der Waals surface area contributed by atoms with E-state index < -0.39 is 0 Å². The van der Waals surface area contributed by atoms with Crippen LogP contribution in [0.1, 0.15) is 0 Å². The number of fused-ring (bicyclic) bond motifs is 1. The lowest BCUT2D eigenvalue weighted by molar-refractivity contribution is -0.117. The number of aromatic nitrogens is 3. The van der Waals surface area contributed by atoms with Crippen LogP contribution in [-0.4, -0.2) is 32.7 Å². The topological polar surface area (TPSA) is 110 Å². The molecule has 0 bridgehead atoms. The molecule has 0 aliphatic carbocycles. The number of hydrogen-bond donors (Lipinski definition) is 3. The number of carbonyl (C=O) groups is 2. The average molecular weight is 366 g/mol. The first-order valence-electron chi connectivity index (χ1n) is 8.16. The molecule has 3 aromatic rings. The van der Waals surface area contributed by atoms with Gasteiger partial charge in [0.05, 0.1) is 0 Å². The minimum absolute atomic E-state index is 0.204. The largest absolute Gasteiger partial charge is 0.350 e. The second-order valence-corrected chi connectivity index (χ2v) is 5.62. The maximum Gasteiger partial charge on any atom is 0.350 e. The second kappa shape index (κ2) is 8.00. The van der Waals surface area contributed by atoms with Crippen molar-refractivity contribution in [3.05, 3.63) is 71.8 Å². The fourth-order valence-corrected chi connectivity index (χ4v) is 2.38. The molecule has 3 N–H and O–H groups in total. The Labute approximate surface area is 154 Å². The smallest absolute Gasteiger partial charge is 0.334 e. The zero-order valence-corrected chi connectivity index (χ0v) is 14.4. The highest BCUT2D eigenvalue weighted by Crippen LogP contribution is 2.13. The molecule has 0 aliphatic rings. The maximum absolute atomic E-state index is 12.2. The van der Waals surface area contributed by atoms with Gasteiger partial charge in [-0.25, -0.2) is 14.3 Å². The van der Waals surface area contributed by atoms with Crippen LogP contribution in [0.25, 0.3) is 5.65 Å². The van der Waals surface area contributed by atoms with E-state index in [0.29, 0.717) is 23.6 Å². The fraction of sp³-hybridized carbons (Fsp3) is 0.111. The molecule has 0 saturated heterocycles. The van der Waals surface area contributed by atoms with Gasteiger partial charge in [-0.2, -0.15) is 0 Å². The molecule has 3 amide bonds. The van der Waals surface area contributed by atoms with E-state index in [9.17, 15) is 14.4 Å². The minimum Gasteiger partial charge on any atom is -0.334 e. The quantitative estimate of drug-likeness (QED) is 0.574. The minimum atomic E-state index is -0.384. The highest BCUT2D eigenvalue weighted by Gasteiger charge is 2.10. The molecule has 0 radical (unpaired) electrons. The molecule has 138 valence electrons. The van der Waals surface area contributed by atoms with Crippen molar-refractivity contribution >= 4 is 29.0 Å². The van der Waals surface area contributed by atoms with E-state index in [0.717, 1.165) is 4.68 Å². The van der Waals surface area contributed by atoms with Crippen molar-refractivity contribution < 1.29 is 9.59 Å². The molecular formula is C18H18N6O3. The first-order valence-corrected chi connectivity index (χ1v) is 8.16. The van der Waals surface area contributed by atoms with E-state index in [1.165, 1.54) is 4.40 Å². The van der Waals surface area contributed by atoms with Crippen molar-refractivity contribution in [3.63, 3.8) is 0 Å². The van der Waals surface area contributed by atoms with Gasteiger partial charge >= 0.3 is 11.7 Å². The molecule has 27 heavy (non-hydrogen) atoms. The van der Waals surface area contributed by atoms with Gasteiger partial charge in [-0.15, -0.1) is 11.7 Å². The summed E-state index contributed by atoms with van der Waals surface area (Å²) >= 11 is 0.